The summed E-state index contributed by atoms with van der Waals surface area (Å²) in [5.74, 6) is 0. The maximum atomic E-state index is 11.4. The molecule has 1 fully saturated rings. The van der Waals surface area contributed by atoms with Crippen LogP contribution in [0.15, 0.2) is 18.3 Å². The Labute approximate surface area is 114 Å². The lowest BCUT2D eigenvalue weighted by Gasteiger charge is -2.32. The van der Waals surface area contributed by atoms with Crippen LogP contribution in [0.4, 0.5) is 5.69 Å². The lowest BCUT2D eigenvalue weighted by molar-refractivity contribution is 0.180. The molecule has 2 rings (SSSR count). The highest BCUT2D eigenvalue weighted by Crippen LogP contribution is 2.12. The smallest absolute Gasteiger partial charge is 0.211 e. The molecular weight excluding hydrogens is 264 g/mol. The molecule has 0 aliphatic carbocycles. The monoisotopic (exact) mass is 284 g/mol. The molecule has 0 spiro atoms. The molecule has 1 aromatic heterocycles. The van der Waals surface area contributed by atoms with Crippen LogP contribution in [0.1, 0.15) is 5.69 Å². The minimum atomic E-state index is -3.05. The number of piperazine rings is 1. The number of hydrogen-bond donors (Lipinski definition) is 1. The fourth-order valence-electron chi connectivity index (χ4n) is 2.17. The number of anilines is 1. The molecule has 1 N–H and O–H groups in total. The zero-order chi connectivity index (χ0) is 13.9. The van der Waals surface area contributed by atoms with E-state index in [0.29, 0.717) is 13.1 Å². The van der Waals surface area contributed by atoms with E-state index in [9.17, 15) is 8.42 Å². The van der Waals surface area contributed by atoms with Crippen LogP contribution in [-0.4, -0.2) is 62.1 Å². The van der Waals surface area contributed by atoms with E-state index in [1.807, 2.05) is 19.2 Å². The molecule has 0 atom stereocenters. The van der Waals surface area contributed by atoms with Gasteiger partial charge in [0.05, 0.1) is 11.9 Å². The fourth-order valence-corrected chi connectivity index (χ4v) is 3.00. The van der Waals surface area contributed by atoms with Crippen LogP contribution < -0.4 is 5.32 Å². The average molecular weight is 284 g/mol. The van der Waals surface area contributed by atoms with Gasteiger partial charge in [0.1, 0.15) is 0 Å². The van der Waals surface area contributed by atoms with Gasteiger partial charge in [-0.25, -0.2) is 8.42 Å². The Bertz CT molecular complexity index is 524. The van der Waals surface area contributed by atoms with Crippen molar-refractivity contribution in [2.75, 3.05) is 44.8 Å². The summed E-state index contributed by atoms with van der Waals surface area (Å²) in [6.45, 7) is 3.37. The first-order valence-electron chi connectivity index (χ1n) is 6.29. The van der Waals surface area contributed by atoms with E-state index >= 15 is 0 Å². The van der Waals surface area contributed by atoms with Crippen LogP contribution in [0.2, 0.25) is 0 Å². The summed E-state index contributed by atoms with van der Waals surface area (Å²) in [6.07, 6.45) is 3.05. The third-order valence-corrected chi connectivity index (χ3v) is 4.59. The molecule has 106 valence electrons. The van der Waals surface area contributed by atoms with Crippen molar-refractivity contribution in [1.29, 1.82) is 0 Å². The second kappa shape index (κ2) is 5.85. The van der Waals surface area contributed by atoms with Gasteiger partial charge in [0.15, 0.2) is 0 Å². The van der Waals surface area contributed by atoms with Gasteiger partial charge in [0, 0.05) is 51.7 Å². The van der Waals surface area contributed by atoms with Gasteiger partial charge in [-0.15, -0.1) is 0 Å². The molecule has 1 aliphatic rings. The molecule has 0 saturated carbocycles. The predicted molar refractivity (Wildman–Crippen MR) is 75.5 cm³/mol. The van der Waals surface area contributed by atoms with Crippen molar-refractivity contribution in [3.8, 4) is 0 Å². The number of aromatic nitrogens is 1. The minimum Gasteiger partial charge on any atom is -0.388 e. The van der Waals surface area contributed by atoms with Crippen molar-refractivity contribution in [3.05, 3.63) is 24.0 Å². The van der Waals surface area contributed by atoms with E-state index in [-0.39, 0.29) is 0 Å². The fraction of sp³-hybridized carbons (Fsp3) is 0.583. The molecule has 2 heterocycles. The Balaban J connectivity index is 1.92. The van der Waals surface area contributed by atoms with Gasteiger partial charge in [-0.2, -0.15) is 4.31 Å². The second-order valence-corrected chi connectivity index (χ2v) is 6.71. The van der Waals surface area contributed by atoms with Gasteiger partial charge in [-0.3, -0.25) is 9.88 Å². The first kappa shape index (κ1) is 14.2. The molecule has 0 bridgehead atoms. The lowest BCUT2D eigenvalue weighted by Crippen LogP contribution is -2.47. The zero-order valence-corrected chi connectivity index (χ0v) is 12.2. The highest BCUT2D eigenvalue weighted by molar-refractivity contribution is 7.88. The van der Waals surface area contributed by atoms with Gasteiger partial charge in [-0.1, -0.05) is 0 Å². The molecule has 1 aliphatic heterocycles. The molecular formula is C12H20N4O2S. The van der Waals surface area contributed by atoms with E-state index in [4.69, 9.17) is 0 Å². The van der Waals surface area contributed by atoms with Crippen LogP contribution in [0.25, 0.3) is 0 Å². The number of pyridine rings is 1. The van der Waals surface area contributed by atoms with Crippen LogP contribution in [-0.2, 0) is 16.6 Å². The quantitative estimate of drug-likeness (QED) is 0.855. The normalized spacial score (nSPS) is 18.4. The summed E-state index contributed by atoms with van der Waals surface area (Å²) in [7, 11) is -1.17. The standard InChI is InChI=1S/C12H20N4O2S/c1-13-11-3-4-14-12(9-11)10-15-5-7-16(8-6-15)19(2,17)18/h3-4,9H,5-8,10H2,1-2H3,(H,13,14). The third kappa shape index (κ3) is 3.89. The maximum Gasteiger partial charge on any atom is 0.211 e. The van der Waals surface area contributed by atoms with Crippen molar-refractivity contribution in [2.45, 2.75) is 6.54 Å². The van der Waals surface area contributed by atoms with Crippen LogP contribution in [0.5, 0.6) is 0 Å². The molecule has 0 unspecified atom stereocenters. The van der Waals surface area contributed by atoms with E-state index in [1.54, 1.807) is 6.20 Å². The van der Waals surface area contributed by atoms with Crippen molar-refractivity contribution in [1.82, 2.24) is 14.2 Å². The Kier molecular flexibility index (Phi) is 4.38. The number of hydrogen-bond acceptors (Lipinski definition) is 5. The molecule has 0 amide bonds. The highest BCUT2D eigenvalue weighted by atomic mass is 32.2. The first-order valence-corrected chi connectivity index (χ1v) is 8.14. The third-order valence-electron chi connectivity index (χ3n) is 3.29. The summed E-state index contributed by atoms with van der Waals surface area (Å²) >= 11 is 0. The Morgan fingerprint density at radius 3 is 2.58 bits per heavy atom. The Hall–Kier alpha value is -1.18. The van der Waals surface area contributed by atoms with Gasteiger partial charge in [-0.05, 0) is 12.1 Å². The number of sulfonamides is 1. The van der Waals surface area contributed by atoms with E-state index in [2.05, 4.69) is 15.2 Å². The molecule has 1 aromatic rings. The Morgan fingerprint density at radius 2 is 2.00 bits per heavy atom. The summed E-state index contributed by atoms with van der Waals surface area (Å²) in [6, 6.07) is 3.94. The average Bonchev–Trinajstić information content (AvgIpc) is 2.38. The Morgan fingerprint density at radius 1 is 1.32 bits per heavy atom. The molecule has 19 heavy (non-hydrogen) atoms. The van der Waals surface area contributed by atoms with Crippen molar-refractivity contribution in [3.63, 3.8) is 0 Å². The lowest BCUT2D eigenvalue weighted by atomic mass is 10.2. The van der Waals surface area contributed by atoms with Crippen LogP contribution in [0.3, 0.4) is 0 Å². The molecule has 0 radical (unpaired) electrons. The van der Waals surface area contributed by atoms with Gasteiger partial charge < -0.3 is 5.32 Å². The van der Waals surface area contributed by atoms with Crippen molar-refractivity contribution in [2.24, 2.45) is 0 Å². The highest BCUT2D eigenvalue weighted by Gasteiger charge is 2.23. The zero-order valence-electron chi connectivity index (χ0n) is 11.3. The summed E-state index contributed by atoms with van der Waals surface area (Å²) in [5, 5.41) is 3.09. The number of nitrogens with one attached hydrogen (secondary N) is 1. The molecule has 6 nitrogen and oxygen atoms in total. The largest absolute Gasteiger partial charge is 0.388 e. The maximum absolute atomic E-state index is 11.4. The van der Waals surface area contributed by atoms with E-state index in [0.717, 1.165) is 31.0 Å². The second-order valence-electron chi connectivity index (χ2n) is 4.72. The van der Waals surface area contributed by atoms with Gasteiger partial charge in [0.2, 0.25) is 10.0 Å². The molecule has 7 heteroatoms. The van der Waals surface area contributed by atoms with Crippen LogP contribution >= 0.6 is 0 Å². The van der Waals surface area contributed by atoms with Gasteiger partial charge in [0.25, 0.3) is 0 Å². The summed E-state index contributed by atoms with van der Waals surface area (Å²) in [4.78, 5) is 6.56. The van der Waals surface area contributed by atoms with Crippen molar-refractivity contribution < 1.29 is 8.42 Å². The predicted octanol–water partition coefficient (Wildman–Crippen LogP) is 0.201. The summed E-state index contributed by atoms with van der Waals surface area (Å²) in [5.41, 5.74) is 2.04. The van der Waals surface area contributed by atoms with E-state index in [1.165, 1.54) is 10.6 Å². The number of rotatable bonds is 4. The minimum absolute atomic E-state index is 0.560. The van der Waals surface area contributed by atoms with Crippen molar-refractivity contribution >= 4 is 15.7 Å². The number of nitrogens with zero attached hydrogens (tertiary/aromatic N) is 3. The summed E-state index contributed by atoms with van der Waals surface area (Å²) < 4.78 is 24.4. The van der Waals surface area contributed by atoms with E-state index < -0.39 is 10.0 Å². The van der Waals surface area contributed by atoms with Gasteiger partial charge >= 0.3 is 0 Å². The first-order chi connectivity index (χ1) is 8.99. The topological polar surface area (TPSA) is 65.5 Å². The molecule has 0 aromatic carbocycles. The SMILES string of the molecule is CNc1ccnc(CN2CCN(S(C)(=O)=O)CC2)c1. The van der Waals surface area contributed by atoms with Crippen LogP contribution in [0, 0.1) is 0 Å². The molecule has 1 saturated heterocycles.